The summed E-state index contributed by atoms with van der Waals surface area (Å²) in [5.74, 6) is 0.166. The minimum Gasteiger partial charge on any atom is -0.483 e. The molecule has 7 nitrogen and oxygen atoms in total. The summed E-state index contributed by atoms with van der Waals surface area (Å²) in [5, 5.41) is 9.44. The summed E-state index contributed by atoms with van der Waals surface area (Å²) in [6.07, 6.45) is 0. The van der Waals surface area contributed by atoms with E-state index in [4.69, 9.17) is 9.47 Å². The van der Waals surface area contributed by atoms with Crippen molar-refractivity contribution in [2.75, 3.05) is 31.0 Å². The number of nitrogens with zero attached hydrogens (tertiary/aromatic N) is 1. The van der Waals surface area contributed by atoms with Gasteiger partial charge in [-0.3, -0.25) is 9.59 Å². The highest BCUT2D eigenvalue weighted by molar-refractivity contribution is 7.21. The number of carbonyl (C=O) groups excluding carboxylic acids is 2. The van der Waals surface area contributed by atoms with E-state index in [0.717, 1.165) is 25.3 Å². The van der Waals surface area contributed by atoms with E-state index in [1.807, 2.05) is 24.4 Å². The zero-order valence-electron chi connectivity index (χ0n) is 16.4. The average molecular weight is 442 g/mol. The molecule has 0 aliphatic carbocycles. The van der Waals surface area contributed by atoms with Gasteiger partial charge in [0.15, 0.2) is 6.61 Å². The van der Waals surface area contributed by atoms with Gasteiger partial charge in [0.25, 0.3) is 5.91 Å². The minimum atomic E-state index is -0.268. The van der Waals surface area contributed by atoms with E-state index in [-0.39, 0.29) is 25.0 Å². The Morgan fingerprint density at radius 1 is 1.03 bits per heavy atom. The molecule has 2 N–H and O–H groups in total. The van der Waals surface area contributed by atoms with Crippen molar-refractivity contribution in [1.82, 2.24) is 4.98 Å². The lowest BCUT2D eigenvalue weighted by Crippen LogP contribution is -2.20. The van der Waals surface area contributed by atoms with Crippen LogP contribution in [-0.2, 0) is 14.3 Å². The highest BCUT2D eigenvalue weighted by Crippen LogP contribution is 2.38. The fourth-order valence-corrected chi connectivity index (χ4v) is 4.84. The first-order chi connectivity index (χ1) is 14.5. The molecular formula is C21H19N3O4S2. The van der Waals surface area contributed by atoms with Crippen molar-refractivity contribution in [3.05, 3.63) is 46.8 Å². The molecule has 0 saturated carbocycles. The number of nitrogens with one attached hydrogen (secondary N) is 2. The number of thiophene rings is 1. The smallest absolute Gasteiger partial charge is 0.262 e. The molecule has 2 amide bonds. The van der Waals surface area contributed by atoms with Crippen LogP contribution in [0.4, 0.5) is 11.4 Å². The number of rotatable bonds is 7. The molecule has 0 aliphatic heterocycles. The largest absolute Gasteiger partial charge is 0.483 e. The summed E-state index contributed by atoms with van der Waals surface area (Å²) in [5.41, 5.74) is 2.22. The molecule has 9 heteroatoms. The standard InChI is InChI=1S/C21H19N3O4S2/c1-12-22-20-17(30-12)9-16(15-7-8-29-21(15)20)28-11-19(26)24-14-5-3-13(4-6-14)23-18(25)10-27-2/h3-9H,10-11H2,1-2H3,(H,23,25)(H,24,26). The van der Waals surface area contributed by atoms with Gasteiger partial charge in [-0.05, 0) is 42.6 Å². The van der Waals surface area contributed by atoms with Gasteiger partial charge in [0, 0.05) is 29.9 Å². The predicted molar refractivity (Wildman–Crippen MR) is 121 cm³/mol. The Morgan fingerprint density at radius 2 is 1.70 bits per heavy atom. The summed E-state index contributed by atoms with van der Waals surface area (Å²) in [4.78, 5) is 28.5. The second-order valence-electron chi connectivity index (χ2n) is 6.51. The molecule has 0 spiro atoms. The van der Waals surface area contributed by atoms with Crippen LogP contribution in [0, 0.1) is 6.92 Å². The zero-order chi connectivity index (χ0) is 21.1. The third-order valence-electron chi connectivity index (χ3n) is 4.25. The Labute approximate surface area is 180 Å². The maximum atomic E-state index is 12.3. The number of aryl methyl sites for hydroxylation is 1. The van der Waals surface area contributed by atoms with Crippen LogP contribution in [0.5, 0.6) is 5.75 Å². The van der Waals surface area contributed by atoms with Gasteiger partial charge in [0.2, 0.25) is 5.91 Å². The van der Waals surface area contributed by atoms with Crippen LogP contribution in [-0.4, -0.2) is 37.1 Å². The third kappa shape index (κ3) is 4.43. The lowest BCUT2D eigenvalue weighted by molar-refractivity contribution is -0.120. The van der Waals surface area contributed by atoms with Crippen LogP contribution in [0.2, 0.25) is 0 Å². The van der Waals surface area contributed by atoms with Gasteiger partial charge in [-0.15, -0.1) is 22.7 Å². The molecule has 154 valence electrons. The molecule has 4 rings (SSSR count). The van der Waals surface area contributed by atoms with E-state index < -0.39 is 0 Å². The topological polar surface area (TPSA) is 89.6 Å². The monoisotopic (exact) mass is 441 g/mol. The van der Waals surface area contributed by atoms with Gasteiger partial charge in [0.05, 0.1) is 19.9 Å². The summed E-state index contributed by atoms with van der Waals surface area (Å²) < 4.78 is 12.7. The Kier molecular flexibility index (Phi) is 5.93. The zero-order valence-corrected chi connectivity index (χ0v) is 18.0. The van der Waals surface area contributed by atoms with Gasteiger partial charge in [0.1, 0.15) is 12.4 Å². The Balaban J connectivity index is 1.40. The van der Waals surface area contributed by atoms with Crippen LogP contribution in [0.1, 0.15) is 5.01 Å². The number of methoxy groups -OCH3 is 1. The number of ether oxygens (including phenoxy) is 2. The van der Waals surface area contributed by atoms with Crippen molar-refractivity contribution < 1.29 is 19.1 Å². The van der Waals surface area contributed by atoms with E-state index >= 15 is 0 Å². The number of anilines is 2. The first kappa shape index (κ1) is 20.3. The lowest BCUT2D eigenvalue weighted by Gasteiger charge is -2.10. The van der Waals surface area contributed by atoms with Gasteiger partial charge in [-0.25, -0.2) is 4.98 Å². The molecule has 2 heterocycles. The molecule has 2 aromatic heterocycles. The SMILES string of the molecule is COCC(=O)Nc1ccc(NC(=O)COc2cc3sc(C)nc3c3sccc23)cc1. The molecule has 0 unspecified atom stereocenters. The number of thiazole rings is 1. The fourth-order valence-electron chi connectivity index (χ4n) is 3.01. The minimum absolute atomic E-state index is 0.0138. The molecule has 0 radical (unpaired) electrons. The second-order valence-corrected chi connectivity index (χ2v) is 8.66. The van der Waals surface area contributed by atoms with Crippen LogP contribution < -0.4 is 15.4 Å². The van der Waals surface area contributed by atoms with Crippen LogP contribution in [0.25, 0.3) is 20.3 Å². The molecule has 0 saturated heterocycles. The summed E-state index contributed by atoms with van der Waals surface area (Å²) in [6, 6.07) is 10.8. The van der Waals surface area contributed by atoms with Crippen molar-refractivity contribution in [3.63, 3.8) is 0 Å². The summed E-state index contributed by atoms with van der Waals surface area (Å²) in [6.45, 7) is 1.85. The Morgan fingerprint density at radius 3 is 2.37 bits per heavy atom. The van der Waals surface area contributed by atoms with Crippen molar-refractivity contribution in [2.45, 2.75) is 6.92 Å². The Bertz CT molecular complexity index is 1210. The van der Waals surface area contributed by atoms with Gasteiger partial charge >= 0.3 is 0 Å². The molecule has 30 heavy (non-hydrogen) atoms. The number of aromatic nitrogens is 1. The van der Waals surface area contributed by atoms with Gasteiger partial charge < -0.3 is 20.1 Å². The molecule has 0 atom stereocenters. The highest BCUT2D eigenvalue weighted by atomic mass is 32.1. The van der Waals surface area contributed by atoms with E-state index in [1.54, 1.807) is 46.9 Å². The van der Waals surface area contributed by atoms with Crippen molar-refractivity contribution >= 4 is 66.2 Å². The average Bonchev–Trinajstić information content (AvgIpc) is 3.33. The summed E-state index contributed by atoms with van der Waals surface area (Å²) >= 11 is 3.22. The third-order valence-corrected chi connectivity index (χ3v) is 6.09. The number of benzene rings is 2. The maximum absolute atomic E-state index is 12.3. The van der Waals surface area contributed by atoms with E-state index in [9.17, 15) is 9.59 Å². The van der Waals surface area contributed by atoms with Crippen LogP contribution >= 0.6 is 22.7 Å². The number of amides is 2. The number of carbonyl (C=O) groups is 2. The van der Waals surface area contributed by atoms with Gasteiger partial charge in [-0.1, -0.05) is 0 Å². The fraction of sp³-hybridized carbons (Fsp3) is 0.190. The molecule has 0 bridgehead atoms. The van der Waals surface area contributed by atoms with Crippen molar-refractivity contribution in [3.8, 4) is 5.75 Å². The van der Waals surface area contributed by atoms with Crippen molar-refractivity contribution in [1.29, 1.82) is 0 Å². The lowest BCUT2D eigenvalue weighted by atomic mass is 10.2. The van der Waals surface area contributed by atoms with Crippen LogP contribution in [0.15, 0.2) is 41.8 Å². The first-order valence-corrected chi connectivity index (χ1v) is 10.8. The maximum Gasteiger partial charge on any atom is 0.262 e. The van der Waals surface area contributed by atoms with E-state index in [0.29, 0.717) is 17.1 Å². The molecular weight excluding hydrogens is 422 g/mol. The Hall–Kier alpha value is -3.01. The van der Waals surface area contributed by atoms with E-state index in [1.165, 1.54) is 7.11 Å². The molecule has 0 fully saturated rings. The molecule has 2 aromatic carbocycles. The first-order valence-electron chi connectivity index (χ1n) is 9.12. The molecule has 4 aromatic rings. The number of fused-ring (bicyclic) bond motifs is 3. The highest BCUT2D eigenvalue weighted by Gasteiger charge is 2.14. The predicted octanol–water partition coefficient (Wildman–Crippen LogP) is 4.42. The normalized spacial score (nSPS) is 11.0. The van der Waals surface area contributed by atoms with Gasteiger partial charge in [-0.2, -0.15) is 0 Å². The van der Waals surface area contributed by atoms with E-state index in [2.05, 4.69) is 15.6 Å². The van der Waals surface area contributed by atoms with Crippen molar-refractivity contribution in [2.24, 2.45) is 0 Å². The van der Waals surface area contributed by atoms with Crippen LogP contribution in [0.3, 0.4) is 0 Å². The quantitative estimate of drug-likeness (QED) is 0.443. The molecule has 0 aliphatic rings. The summed E-state index contributed by atoms with van der Waals surface area (Å²) in [7, 11) is 1.46. The number of hydrogen-bond donors (Lipinski definition) is 2. The number of hydrogen-bond acceptors (Lipinski definition) is 7. The second kappa shape index (κ2) is 8.78.